The van der Waals surface area contributed by atoms with Crippen molar-refractivity contribution >= 4 is 23.9 Å². The zero-order valence-electron chi connectivity index (χ0n) is 20.5. The first kappa shape index (κ1) is 29.4. The molecule has 0 aromatic rings. The molecule has 0 saturated heterocycles. The van der Waals surface area contributed by atoms with Gasteiger partial charge in [-0.3, -0.25) is 9.78 Å². The normalized spacial score (nSPS) is 12.2. The van der Waals surface area contributed by atoms with Crippen LogP contribution in [-0.4, -0.2) is 48.3 Å². The van der Waals surface area contributed by atoms with Crippen molar-refractivity contribution in [3.8, 4) is 11.8 Å². The van der Waals surface area contributed by atoms with Gasteiger partial charge in [0.25, 0.3) is 0 Å². The Hall–Kier alpha value is -2.64. The minimum atomic E-state index is -1.35. The van der Waals surface area contributed by atoms with E-state index in [0.29, 0.717) is 0 Å². The molecular formula is C22H34O10. The molecule has 0 amide bonds. The van der Waals surface area contributed by atoms with E-state index in [1.54, 1.807) is 0 Å². The Bertz CT molecular complexity index is 692. The third kappa shape index (κ3) is 14.4. The maximum Gasteiger partial charge on any atom is 0.449 e. The van der Waals surface area contributed by atoms with Gasteiger partial charge in [-0.15, -0.1) is 0 Å². The van der Waals surface area contributed by atoms with Gasteiger partial charge in [-0.25, -0.2) is 19.2 Å². The molecule has 0 unspecified atom stereocenters. The summed E-state index contributed by atoms with van der Waals surface area (Å²) in [5, 5.41) is 0. The second-order valence-corrected chi connectivity index (χ2v) is 10.5. The third-order valence-electron chi connectivity index (χ3n) is 2.92. The van der Waals surface area contributed by atoms with Gasteiger partial charge in [-0.2, -0.15) is 9.78 Å². The fraction of sp³-hybridized carbons (Fsp3) is 0.727. The topological polar surface area (TPSA) is 124 Å². The Kier molecular flexibility index (Phi) is 10.4. The van der Waals surface area contributed by atoms with E-state index in [4.69, 9.17) is 19.2 Å². The number of ether oxygens (including phenoxy) is 2. The molecule has 0 heterocycles. The van der Waals surface area contributed by atoms with Crippen molar-refractivity contribution in [2.45, 2.75) is 80.4 Å². The first-order chi connectivity index (χ1) is 14.2. The summed E-state index contributed by atoms with van der Waals surface area (Å²) >= 11 is 0. The molecule has 182 valence electrons. The zero-order chi connectivity index (χ0) is 25.4. The van der Waals surface area contributed by atoms with Crippen LogP contribution >= 0.6 is 0 Å². The van der Waals surface area contributed by atoms with Crippen LogP contribution in [0.15, 0.2) is 0 Å². The van der Waals surface area contributed by atoms with E-state index in [1.807, 2.05) is 41.5 Å². The summed E-state index contributed by atoms with van der Waals surface area (Å²) < 4.78 is 9.64. The molecule has 0 aliphatic rings. The SMILES string of the molecule is CC(C)(C)COC(=O)C(=O)OOC(C)(C)C#CC(C)(C)OOC(=O)C(=O)OCC(C)(C)C. The molecule has 0 atom stereocenters. The summed E-state index contributed by atoms with van der Waals surface area (Å²) in [6, 6.07) is 0. The molecule has 32 heavy (non-hydrogen) atoms. The predicted molar refractivity (Wildman–Crippen MR) is 111 cm³/mol. The number of hydrogen-bond donors (Lipinski definition) is 0. The average molecular weight is 459 g/mol. The van der Waals surface area contributed by atoms with Crippen molar-refractivity contribution in [1.82, 2.24) is 0 Å². The largest absolute Gasteiger partial charge is 0.457 e. The number of carbonyl (C=O) groups excluding carboxylic acids is 4. The summed E-state index contributed by atoms with van der Waals surface area (Å²) in [7, 11) is 0. The highest BCUT2D eigenvalue weighted by molar-refractivity contribution is 6.29. The van der Waals surface area contributed by atoms with Crippen molar-refractivity contribution in [2.75, 3.05) is 13.2 Å². The van der Waals surface area contributed by atoms with E-state index >= 15 is 0 Å². The Morgan fingerprint density at radius 1 is 0.531 bits per heavy atom. The predicted octanol–water partition coefficient (Wildman–Crippen LogP) is 2.68. The molecule has 10 heteroatoms. The third-order valence-corrected chi connectivity index (χ3v) is 2.92. The van der Waals surface area contributed by atoms with E-state index in [-0.39, 0.29) is 24.0 Å². The van der Waals surface area contributed by atoms with Crippen molar-refractivity contribution in [1.29, 1.82) is 0 Å². The lowest BCUT2D eigenvalue weighted by atomic mass is 9.99. The molecule has 0 aromatic heterocycles. The van der Waals surface area contributed by atoms with Gasteiger partial charge in [0.2, 0.25) is 0 Å². The van der Waals surface area contributed by atoms with Crippen molar-refractivity contribution < 1.29 is 48.2 Å². The second kappa shape index (κ2) is 11.3. The van der Waals surface area contributed by atoms with E-state index in [2.05, 4.69) is 21.6 Å². The van der Waals surface area contributed by atoms with Crippen LogP contribution < -0.4 is 0 Å². The maximum atomic E-state index is 11.7. The summed E-state index contributed by atoms with van der Waals surface area (Å²) in [6.45, 7) is 16.9. The molecule has 0 aliphatic heterocycles. The fourth-order valence-corrected chi connectivity index (χ4v) is 1.38. The molecule has 0 spiro atoms. The Balaban J connectivity index is 4.69. The lowest BCUT2D eigenvalue weighted by Gasteiger charge is -2.20. The Morgan fingerprint density at radius 2 is 0.812 bits per heavy atom. The number of esters is 2. The molecular weight excluding hydrogens is 424 g/mol. The molecule has 0 N–H and O–H groups in total. The molecule has 0 aliphatic carbocycles. The molecule has 10 nitrogen and oxygen atoms in total. The van der Waals surface area contributed by atoms with Crippen LogP contribution in [0.4, 0.5) is 0 Å². The number of rotatable bonds is 6. The zero-order valence-corrected chi connectivity index (χ0v) is 20.5. The number of carbonyl (C=O) groups is 4. The quantitative estimate of drug-likeness (QED) is 0.193. The molecule has 0 saturated carbocycles. The van der Waals surface area contributed by atoms with Gasteiger partial charge in [0.1, 0.15) is 0 Å². The number of hydrogen-bond acceptors (Lipinski definition) is 10. The van der Waals surface area contributed by atoms with Crippen LogP contribution in [0.5, 0.6) is 0 Å². The van der Waals surface area contributed by atoms with Crippen LogP contribution in [0.3, 0.4) is 0 Å². The molecule has 0 radical (unpaired) electrons. The van der Waals surface area contributed by atoms with Crippen LogP contribution in [0.1, 0.15) is 69.2 Å². The Labute approximate surface area is 189 Å². The van der Waals surface area contributed by atoms with Gasteiger partial charge in [0.05, 0.1) is 13.2 Å². The van der Waals surface area contributed by atoms with Crippen molar-refractivity contribution in [2.24, 2.45) is 10.8 Å². The van der Waals surface area contributed by atoms with Gasteiger partial charge < -0.3 is 9.47 Å². The van der Waals surface area contributed by atoms with Crippen LogP contribution in [0.2, 0.25) is 0 Å². The van der Waals surface area contributed by atoms with Crippen molar-refractivity contribution in [3.05, 3.63) is 0 Å². The first-order valence-electron chi connectivity index (χ1n) is 9.91. The summed E-state index contributed by atoms with van der Waals surface area (Å²) in [5.41, 5.74) is -3.34. The highest BCUT2D eigenvalue weighted by Crippen LogP contribution is 2.16. The van der Waals surface area contributed by atoms with Gasteiger partial charge in [-0.05, 0) is 38.5 Å². The smallest absolute Gasteiger partial charge is 0.449 e. The lowest BCUT2D eigenvalue weighted by Crippen LogP contribution is -2.32. The van der Waals surface area contributed by atoms with Gasteiger partial charge in [0, 0.05) is 0 Å². The minimum absolute atomic E-state index is 0.0259. The van der Waals surface area contributed by atoms with Gasteiger partial charge >= 0.3 is 23.9 Å². The average Bonchev–Trinajstić information content (AvgIpc) is 2.64. The first-order valence-corrected chi connectivity index (χ1v) is 9.91. The van der Waals surface area contributed by atoms with Crippen molar-refractivity contribution in [3.63, 3.8) is 0 Å². The van der Waals surface area contributed by atoms with Gasteiger partial charge in [0.15, 0.2) is 11.2 Å². The maximum absolute atomic E-state index is 11.7. The lowest BCUT2D eigenvalue weighted by molar-refractivity contribution is -0.311. The molecule has 0 fully saturated rings. The highest BCUT2D eigenvalue weighted by Gasteiger charge is 2.29. The van der Waals surface area contributed by atoms with Gasteiger partial charge in [-0.1, -0.05) is 53.4 Å². The minimum Gasteiger partial charge on any atom is -0.457 e. The summed E-state index contributed by atoms with van der Waals surface area (Å²) in [4.78, 5) is 65.3. The molecule has 0 rings (SSSR count). The highest BCUT2D eigenvalue weighted by atomic mass is 17.2. The standard InChI is InChI=1S/C22H34O10/c1-19(2,3)13-27-15(23)17(25)29-31-21(7,8)11-12-22(9,10)32-30-18(26)16(24)28-14-20(4,5)6/h13-14H2,1-10H3. The van der Waals surface area contributed by atoms with E-state index in [0.717, 1.165) is 0 Å². The second-order valence-electron chi connectivity index (χ2n) is 10.5. The van der Waals surface area contributed by atoms with E-state index in [1.165, 1.54) is 27.7 Å². The molecule has 0 bridgehead atoms. The summed E-state index contributed by atoms with van der Waals surface area (Å²) in [6.07, 6.45) is 0. The fourth-order valence-electron chi connectivity index (χ4n) is 1.38. The van der Waals surface area contributed by atoms with Crippen LogP contribution in [-0.2, 0) is 48.2 Å². The monoisotopic (exact) mass is 458 g/mol. The van der Waals surface area contributed by atoms with E-state index in [9.17, 15) is 19.2 Å². The van der Waals surface area contributed by atoms with E-state index < -0.39 is 35.1 Å². The van der Waals surface area contributed by atoms with Crippen LogP contribution in [0, 0.1) is 22.7 Å². The van der Waals surface area contributed by atoms with Crippen LogP contribution in [0.25, 0.3) is 0 Å². The summed E-state index contributed by atoms with van der Waals surface area (Å²) in [5.74, 6) is 0.172. The molecule has 0 aromatic carbocycles. The Morgan fingerprint density at radius 3 is 1.06 bits per heavy atom.